The second-order valence-corrected chi connectivity index (χ2v) is 6.20. The first-order chi connectivity index (χ1) is 10.6. The molecule has 1 aromatic carbocycles. The van der Waals surface area contributed by atoms with Crippen LogP contribution in [0.4, 0.5) is 10.8 Å². The SMILES string of the molecule is Cc1cnc(NC(=O)CCCC(=O)N(C)c2ccccc2)s1. The zero-order valence-electron chi connectivity index (χ0n) is 12.7. The summed E-state index contributed by atoms with van der Waals surface area (Å²) in [6.07, 6.45) is 2.90. The van der Waals surface area contributed by atoms with Gasteiger partial charge in [-0.15, -0.1) is 11.3 Å². The van der Waals surface area contributed by atoms with Crippen LogP contribution in [0.1, 0.15) is 24.1 Å². The molecule has 22 heavy (non-hydrogen) atoms. The highest BCUT2D eigenvalue weighted by atomic mass is 32.1. The molecule has 1 aromatic heterocycles. The highest BCUT2D eigenvalue weighted by Gasteiger charge is 2.12. The smallest absolute Gasteiger partial charge is 0.226 e. The van der Waals surface area contributed by atoms with Crippen molar-refractivity contribution in [3.05, 3.63) is 41.4 Å². The number of hydrogen-bond acceptors (Lipinski definition) is 4. The van der Waals surface area contributed by atoms with E-state index >= 15 is 0 Å². The Balaban J connectivity index is 1.73. The number of carbonyl (C=O) groups is 2. The van der Waals surface area contributed by atoms with Gasteiger partial charge in [0, 0.05) is 36.7 Å². The number of nitrogens with zero attached hydrogens (tertiary/aromatic N) is 2. The summed E-state index contributed by atoms with van der Waals surface area (Å²) in [6.45, 7) is 1.94. The van der Waals surface area contributed by atoms with Crippen LogP contribution in [0.2, 0.25) is 0 Å². The van der Waals surface area contributed by atoms with Crippen molar-refractivity contribution in [1.82, 2.24) is 4.98 Å². The first-order valence-corrected chi connectivity index (χ1v) is 7.92. The van der Waals surface area contributed by atoms with Gasteiger partial charge in [-0.2, -0.15) is 0 Å². The minimum absolute atomic E-state index is 0.00379. The zero-order chi connectivity index (χ0) is 15.9. The van der Waals surface area contributed by atoms with Crippen LogP contribution < -0.4 is 10.2 Å². The molecule has 2 rings (SSSR count). The van der Waals surface area contributed by atoms with Crippen LogP contribution in [0.15, 0.2) is 36.5 Å². The summed E-state index contributed by atoms with van der Waals surface area (Å²) in [4.78, 5) is 30.6. The van der Waals surface area contributed by atoms with Gasteiger partial charge in [-0.3, -0.25) is 9.59 Å². The van der Waals surface area contributed by atoms with Crippen LogP contribution >= 0.6 is 11.3 Å². The Kier molecular flexibility index (Phi) is 5.66. The molecule has 0 aliphatic heterocycles. The Hall–Kier alpha value is -2.21. The predicted molar refractivity (Wildman–Crippen MR) is 89.2 cm³/mol. The van der Waals surface area contributed by atoms with Crippen molar-refractivity contribution >= 4 is 34.0 Å². The lowest BCUT2D eigenvalue weighted by atomic mass is 10.2. The van der Waals surface area contributed by atoms with E-state index in [4.69, 9.17) is 0 Å². The van der Waals surface area contributed by atoms with Crippen LogP contribution in [0, 0.1) is 6.92 Å². The maximum atomic E-state index is 12.1. The normalized spacial score (nSPS) is 10.3. The molecule has 2 aromatic rings. The van der Waals surface area contributed by atoms with Crippen LogP contribution in [-0.4, -0.2) is 23.8 Å². The van der Waals surface area contributed by atoms with E-state index in [1.54, 1.807) is 18.1 Å². The maximum absolute atomic E-state index is 12.1. The summed E-state index contributed by atoms with van der Waals surface area (Å²) in [5.41, 5.74) is 0.857. The van der Waals surface area contributed by atoms with Gasteiger partial charge in [0.2, 0.25) is 11.8 Å². The molecule has 0 spiro atoms. The average Bonchev–Trinajstić information content (AvgIpc) is 2.92. The minimum Gasteiger partial charge on any atom is -0.316 e. The van der Waals surface area contributed by atoms with Gasteiger partial charge in [0.25, 0.3) is 0 Å². The van der Waals surface area contributed by atoms with Gasteiger partial charge in [-0.05, 0) is 25.5 Å². The number of thiazole rings is 1. The van der Waals surface area contributed by atoms with Crippen molar-refractivity contribution in [2.24, 2.45) is 0 Å². The molecule has 0 bridgehead atoms. The highest BCUT2D eigenvalue weighted by molar-refractivity contribution is 7.15. The Labute approximate surface area is 134 Å². The van der Waals surface area contributed by atoms with E-state index in [9.17, 15) is 9.59 Å². The molecule has 1 heterocycles. The third kappa shape index (κ3) is 4.66. The quantitative estimate of drug-likeness (QED) is 0.890. The van der Waals surface area contributed by atoms with E-state index in [1.807, 2.05) is 37.3 Å². The monoisotopic (exact) mass is 317 g/mol. The number of anilines is 2. The maximum Gasteiger partial charge on any atom is 0.226 e. The second kappa shape index (κ2) is 7.70. The first-order valence-electron chi connectivity index (χ1n) is 7.10. The summed E-state index contributed by atoms with van der Waals surface area (Å²) >= 11 is 1.44. The number of rotatable bonds is 6. The van der Waals surface area contributed by atoms with Gasteiger partial charge in [-0.25, -0.2) is 4.98 Å². The number of nitrogens with one attached hydrogen (secondary N) is 1. The van der Waals surface area contributed by atoms with E-state index in [1.165, 1.54) is 11.3 Å². The largest absolute Gasteiger partial charge is 0.316 e. The molecule has 0 aliphatic carbocycles. The number of benzene rings is 1. The highest BCUT2D eigenvalue weighted by Crippen LogP contribution is 2.17. The number of hydrogen-bond donors (Lipinski definition) is 1. The Bertz CT molecular complexity index is 640. The molecule has 0 atom stereocenters. The van der Waals surface area contributed by atoms with Gasteiger partial charge in [0.15, 0.2) is 5.13 Å². The molecule has 0 aliphatic rings. The molecule has 6 heteroatoms. The van der Waals surface area contributed by atoms with Gasteiger partial charge in [0.1, 0.15) is 0 Å². The van der Waals surface area contributed by atoms with Crippen LogP contribution in [-0.2, 0) is 9.59 Å². The average molecular weight is 317 g/mol. The molecule has 5 nitrogen and oxygen atoms in total. The third-order valence-electron chi connectivity index (χ3n) is 3.18. The van der Waals surface area contributed by atoms with Gasteiger partial charge in [-0.1, -0.05) is 18.2 Å². The van der Waals surface area contributed by atoms with E-state index in [2.05, 4.69) is 10.3 Å². The Morgan fingerprint density at radius 1 is 1.23 bits per heavy atom. The van der Waals surface area contributed by atoms with Crippen molar-refractivity contribution in [2.45, 2.75) is 26.2 Å². The lowest BCUT2D eigenvalue weighted by Crippen LogP contribution is -2.26. The van der Waals surface area contributed by atoms with Crippen molar-refractivity contribution in [2.75, 3.05) is 17.3 Å². The Morgan fingerprint density at radius 2 is 1.95 bits per heavy atom. The standard InChI is InChI=1S/C16H19N3O2S/c1-12-11-17-16(22-12)18-14(20)9-6-10-15(21)19(2)13-7-4-3-5-8-13/h3-5,7-8,11H,6,9-10H2,1-2H3,(H,17,18,20). The van der Waals surface area contributed by atoms with E-state index in [0.717, 1.165) is 10.6 Å². The molecule has 116 valence electrons. The summed E-state index contributed by atoms with van der Waals surface area (Å²) in [6, 6.07) is 9.46. The summed E-state index contributed by atoms with van der Waals surface area (Å²) in [5.74, 6) is -0.103. The lowest BCUT2D eigenvalue weighted by Gasteiger charge is -2.17. The fourth-order valence-electron chi connectivity index (χ4n) is 1.96. The molecule has 0 saturated carbocycles. The lowest BCUT2D eigenvalue weighted by molar-refractivity contribution is -0.118. The second-order valence-electron chi connectivity index (χ2n) is 4.97. The topological polar surface area (TPSA) is 62.3 Å². The van der Waals surface area contributed by atoms with Gasteiger partial charge < -0.3 is 10.2 Å². The number of carbonyl (C=O) groups excluding carboxylic acids is 2. The molecular formula is C16H19N3O2S. The molecule has 2 amide bonds. The molecular weight excluding hydrogens is 298 g/mol. The first kappa shape index (κ1) is 16.2. The zero-order valence-corrected chi connectivity index (χ0v) is 13.5. The van der Waals surface area contributed by atoms with E-state index in [-0.39, 0.29) is 11.8 Å². The van der Waals surface area contributed by atoms with Gasteiger partial charge >= 0.3 is 0 Å². The fraction of sp³-hybridized carbons (Fsp3) is 0.312. The van der Waals surface area contributed by atoms with Crippen LogP contribution in [0.25, 0.3) is 0 Å². The van der Waals surface area contributed by atoms with E-state index in [0.29, 0.717) is 24.4 Å². The number of aromatic nitrogens is 1. The molecule has 0 fully saturated rings. The van der Waals surface area contributed by atoms with Crippen molar-refractivity contribution in [3.63, 3.8) is 0 Å². The molecule has 1 N–H and O–H groups in total. The van der Waals surface area contributed by atoms with Crippen LogP contribution in [0.3, 0.4) is 0 Å². The minimum atomic E-state index is -0.107. The molecule has 0 saturated heterocycles. The van der Waals surface area contributed by atoms with Gasteiger partial charge in [0.05, 0.1) is 0 Å². The van der Waals surface area contributed by atoms with Crippen LogP contribution in [0.5, 0.6) is 0 Å². The molecule has 0 radical (unpaired) electrons. The van der Waals surface area contributed by atoms with Crippen molar-refractivity contribution in [1.29, 1.82) is 0 Å². The van der Waals surface area contributed by atoms with Crippen molar-refractivity contribution < 1.29 is 9.59 Å². The third-order valence-corrected chi connectivity index (χ3v) is 4.01. The van der Waals surface area contributed by atoms with E-state index < -0.39 is 0 Å². The summed E-state index contributed by atoms with van der Waals surface area (Å²) in [5, 5.41) is 3.35. The predicted octanol–water partition coefficient (Wildman–Crippen LogP) is 3.22. The number of para-hydroxylation sites is 1. The Morgan fingerprint density at radius 3 is 2.59 bits per heavy atom. The summed E-state index contributed by atoms with van der Waals surface area (Å²) < 4.78 is 0. The summed E-state index contributed by atoms with van der Waals surface area (Å²) in [7, 11) is 1.75. The fourth-order valence-corrected chi connectivity index (χ4v) is 2.64. The molecule has 0 unspecified atom stereocenters. The number of amides is 2. The van der Waals surface area contributed by atoms with Crippen molar-refractivity contribution in [3.8, 4) is 0 Å². The number of aryl methyl sites for hydroxylation is 1.